The van der Waals surface area contributed by atoms with Crippen molar-refractivity contribution in [3.05, 3.63) is 65.7 Å². The molecule has 2 heterocycles. The van der Waals surface area contributed by atoms with Gasteiger partial charge in [0.1, 0.15) is 18.3 Å². The fraction of sp³-hybridized carbons (Fsp3) is 0.698. The summed E-state index contributed by atoms with van der Waals surface area (Å²) < 4.78 is 40.1. The van der Waals surface area contributed by atoms with E-state index in [1.165, 1.54) is 0 Å². The van der Waals surface area contributed by atoms with Gasteiger partial charge in [0.2, 0.25) is 0 Å². The molecule has 0 aliphatic carbocycles. The Kier molecular flexibility index (Phi) is 16.7. The number of carbonyl (C=O) groups excluding carboxylic acids is 1. The molecule has 7 atom stereocenters. The molecule has 10 heteroatoms. The van der Waals surface area contributed by atoms with Crippen molar-refractivity contribution in [2.45, 2.75) is 185 Å². The van der Waals surface area contributed by atoms with E-state index in [4.69, 9.17) is 33.5 Å². The Bertz CT molecular complexity index is 1350. The summed E-state index contributed by atoms with van der Waals surface area (Å²) >= 11 is 0. The Labute approximate surface area is 323 Å². The van der Waals surface area contributed by atoms with E-state index in [1.54, 1.807) is 24.3 Å². The standard InChI is InChI=1S/C43H71NO7Si2/c1-10-14-20-38(50-52(8,9)43(5,6)7)37-27-25-35(48-37)29-36(49-42(45)33-21-23-34(44)24-22-33)26-28-39(51-53(11-2,12-3)13-4)41(40-31-46-40)47-30-32-18-16-15-17-19-32/h15-19,21-24,35-41H,10-14,20,25-31,44H2,1-9H3/t35-,36-,37-,38-,39+,40+,41?/m0/s1. The summed E-state index contributed by atoms with van der Waals surface area (Å²) in [5.41, 5.74) is 8.17. The van der Waals surface area contributed by atoms with Crippen molar-refractivity contribution in [3.8, 4) is 0 Å². The Hall–Kier alpha value is -2.06. The summed E-state index contributed by atoms with van der Waals surface area (Å²) in [5.74, 6) is -0.342. The van der Waals surface area contributed by atoms with E-state index in [-0.39, 0.29) is 53.7 Å². The zero-order valence-corrected chi connectivity index (χ0v) is 36.4. The van der Waals surface area contributed by atoms with E-state index in [1.807, 2.05) is 18.2 Å². The minimum Gasteiger partial charge on any atom is -0.459 e. The van der Waals surface area contributed by atoms with E-state index >= 15 is 0 Å². The van der Waals surface area contributed by atoms with E-state index in [2.05, 4.69) is 73.7 Å². The van der Waals surface area contributed by atoms with Gasteiger partial charge in [-0.1, -0.05) is 91.6 Å². The van der Waals surface area contributed by atoms with Crippen LogP contribution < -0.4 is 5.73 Å². The lowest BCUT2D eigenvalue weighted by Crippen LogP contribution is -2.47. The van der Waals surface area contributed by atoms with E-state index < -0.39 is 16.6 Å². The van der Waals surface area contributed by atoms with Crippen molar-refractivity contribution in [1.29, 1.82) is 0 Å². The van der Waals surface area contributed by atoms with Crippen LogP contribution in [0.3, 0.4) is 0 Å². The first-order valence-corrected chi connectivity index (χ1v) is 26.0. The molecule has 2 aliphatic heterocycles. The molecule has 0 radical (unpaired) electrons. The monoisotopic (exact) mass is 769 g/mol. The summed E-state index contributed by atoms with van der Waals surface area (Å²) in [4.78, 5) is 13.6. The molecule has 2 aromatic carbocycles. The summed E-state index contributed by atoms with van der Waals surface area (Å²) in [6.45, 7) is 21.7. The molecule has 2 aliphatic rings. The van der Waals surface area contributed by atoms with Crippen LogP contribution in [-0.2, 0) is 34.4 Å². The maximum atomic E-state index is 13.6. The van der Waals surface area contributed by atoms with Gasteiger partial charge in [0.15, 0.2) is 16.6 Å². The van der Waals surface area contributed by atoms with Gasteiger partial charge >= 0.3 is 5.97 Å². The summed E-state index contributed by atoms with van der Waals surface area (Å²) in [6, 6.07) is 20.4. The highest BCUT2D eigenvalue weighted by atomic mass is 28.4. The lowest BCUT2D eigenvalue weighted by molar-refractivity contribution is -0.0656. The number of nitrogen functional groups attached to an aromatic ring is 1. The number of unbranched alkanes of at least 4 members (excludes halogenated alkanes) is 1. The van der Waals surface area contributed by atoms with Crippen molar-refractivity contribution in [1.82, 2.24) is 0 Å². The first-order valence-electron chi connectivity index (χ1n) is 20.6. The average molecular weight is 770 g/mol. The molecule has 1 unspecified atom stereocenters. The van der Waals surface area contributed by atoms with E-state index in [0.717, 1.165) is 55.8 Å². The predicted molar refractivity (Wildman–Crippen MR) is 220 cm³/mol. The minimum atomic E-state index is -2.02. The lowest BCUT2D eigenvalue weighted by Gasteiger charge is -2.41. The number of hydrogen-bond acceptors (Lipinski definition) is 8. The van der Waals surface area contributed by atoms with Crippen LogP contribution in [0.25, 0.3) is 0 Å². The first kappa shape index (κ1) is 43.7. The van der Waals surface area contributed by atoms with Crippen LogP contribution >= 0.6 is 0 Å². The van der Waals surface area contributed by atoms with E-state index in [0.29, 0.717) is 43.7 Å². The number of carbonyl (C=O) groups is 1. The second kappa shape index (κ2) is 20.2. The Morgan fingerprint density at radius 1 is 0.887 bits per heavy atom. The Balaban J connectivity index is 1.55. The number of anilines is 1. The van der Waals surface area contributed by atoms with Gasteiger partial charge in [-0.15, -0.1) is 0 Å². The third-order valence-electron chi connectivity index (χ3n) is 12.1. The van der Waals surface area contributed by atoms with Crippen LogP contribution in [0.4, 0.5) is 5.69 Å². The van der Waals surface area contributed by atoms with Crippen LogP contribution in [-0.4, -0.2) is 71.9 Å². The number of hydrogen-bond donors (Lipinski definition) is 1. The zero-order chi connectivity index (χ0) is 38.6. The number of epoxide rings is 1. The quantitative estimate of drug-likeness (QED) is 0.0516. The molecule has 2 N–H and O–H groups in total. The van der Waals surface area contributed by atoms with Crippen molar-refractivity contribution < 1.29 is 32.6 Å². The molecule has 0 aromatic heterocycles. The lowest BCUT2D eigenvalue weighted by atomic mass is 9.99. The van der Waals surface area contributed by atoms with Gasteiger partial charge in [0, 0.05) is 12.1 Å². The number of rotatable bonds is 23. The molecule has 298 valence electrons. The molecule has 0 amide bonds. The maximum absolute atomic E-state index is 13.6. The van der Waals surface area contributed by atoms with Gasteiger partial charge < -0.3 is 33.5 Å². The number of nitrogens with two attached hydrogens (primary N) is 1. The van der Waals surface area contributed by atoms with Crippen molar-refractivity contribution >= 4 is 28.3 Å². The van der Waals surface area contributed by atoms with Crippen LogP contribution in [0.1, 0.15) is 116 Å². The first-order chi connectivity index (χ1) is 25.2. The Morgan fingerprint density at radius 3 is 2.13 bits per heavy atom. The average Bonchev–Trinajstić information content (AvgIpc) is 3.87. The van der Waals surface area contributed by atoms with Crippen molar-refractivity contribution in [2.75, 3.05) is 12.3 Å². The number of esters is 1. The topological polar surface area (TPSA) is 102 Å². The summed E-state index contributed by atoms with van der Waals surface area (Å²) in [7, 11) is -4.02. The second-order valence-electron chi connectivity index (χ2n) is 16.9. The van der Waals surface area contributed by atoms with Crippen LogP contribution in [0, 0.1) is 0 Å². The predicted octanol–water partition coefficient (Wildman–Crippen LogP) is 10.5. The number of benzene rings is 2. The highest BCUT2D eigenvalue weighted by Crippen LogP contribution is 2.40. The van der Waals surface area contributed by atoms with Gasteiger partial charge in [-0.05, 0) is 98.2 Å². The molecule has 2 saturated heterocycles. The Morgan fingerprint density at radius 2 is 1.55 bits per heavy atom. The molecule has 0 spiro atoms. The molecule has 0 bridgehead atoms. The van der Waals surface area contributed by atoms with Crippen LogP contribution in [0.15, 0.2) is 54.6 Å². The van der Waals surface area contributed by atoms with E-state index in [9.17, 15) is 4.79 Å². The van der Waals surface area contributed by atoms with Crippen LogP contribution in [0.2, 0.25) is 36.3 Å². The molecule has 8 nitrogen and oxygen atoms in total. The highest BCUT2D eigenvalue weighted by Gasteiger charge is 2.45. The molecule has 0 saturated carbocycles. The highest BCUT2D eigenvalue weighted by molar-refractivity contribution is 6.74. The third-order valence-corrected chi connectivity index (χ3v) is 21.3. The maximum Gasteiger partial charge on any atom is 0.338 e. The normalized spacial score (nSPS) is 21.6. The molecule has 4 rings (SSSR count). The summed E-state index contributed by atoms with van der Waals surface area (Å²) in [6.07, 6.45) is 6.40. The fourth-order valence-electron chi connectivity index (χ4n) is 7.25. The summed E-state index contributed by atoms with van der Waals surface area (Å²) in [5, 5.41) is 0.122. The second-order valence-corrected chi connectivity index (χ2v) is 26.4. The van der Waals surface area contributed by atoms with Gasteiger partial charge in [0.25, 0.3) is 0 Å². The van der Waals surface area contributed by atoms with Gasteiger partial charge in [-0.3, -0.25) is 0 Å². The SMILES string of the molecule is CCCC[C@H](O[Si](C)(C)C(C)(C)C)[C@@H]1CC[C@@H](C[C@H](CC[C@@H](O[Si](CC)(CC)CC)C(OCc2ccccc2)[C@H]2CO2)OC(=O)c2ccc(N)cc2)O1. The number of ether oxygens (including phenoxy) is 4. The molecule has 2 fully saturated rings. The molecule has 53 heavy (non-hydrogen) atoms. The minimum absolute atomic E-state index is 0.00312. The van der Waals surface area contributed by atoms with Crippen molar-refractivity contribution in [3.63, 3.8) is 0 Å². The van der Waals surface area contributed by atoms with Gasteiger partial charge in [-0.25, -0.2) is 4.79 Å². The largest absolute Gasteiger partial charge is 0.459 e. The van der Waals surface area contributed by atoms with Gasteiger partial charge in [-0.2, -0.15) is 0 Å². The molecular weight excluding hydrogens is 699 g/mol. The van der Waals surface area contributed by atoms with Crippen LogP contribution in [0.5, 0.6) is 0 Å². The molecular formula is C43H71NO7Si2. The smallest absolute Gasteiger partial charge is 0.338 e. The molecule has 2 aromatic rings. The van der Waals surface area contributed by atoms with Crippen molar-refractivity contribution in [2.24, 2.45) is 0 Å². The zero-order valence-electron chi connectivity index (χ0n) is 34.4. The van der Waals surface area contributed by atoms with Gasteiger partial charge in [0.05, 0.1) is 43.2 Å². The fourth-order valence-corrected chi connectivity index (χ4v) is 11.5. The third kappa shape index (κ3) is 13.0.